The highest BCUT2D eigenvalue weighted by atomic mass is 32.2. The van der Waals surface area contributed by atoms with E-state index in [-0.39, 0.29) is 11.7 Å². The molecule has 1 N–H and O–H groups in total. The Morgan fingerprint density at radius 2 is 2.08 bits per heavy atom. The smallest absolute Gasteiger partial charge is 0.277 e. The molecule has 128 valence electrons. The van der Waals surface area contributed by atoms with Crippen molar-refractivity contribution in [3.8, 4) is 10.8 Å². The van der Waals surface area contributed by atoms with Gasteiger partial charge in [-0.2, -0.15) is 0 Å². The second kappa shape index (κ2) is 7.62. The molecule has 3 aromatic rings. The van der Waals surface area contributed by atoms with Gasteiger partial charge >= 0.3 is 0 Å². The third-order valence-electron chi connectivity index (χ3n) is 3.32. The molecule has 1 atom stereocenters. The van der Waals surface area contributed by atoms with Crippen molar-refractivity contribution >= 4 is 40.5 Å². The number of ketones is 1. The van der Waals surface area contributed by atoms with Gasteiger partial charge in [-0.25, -0.2) is 0 Å². The Kier molecular flexibility index (Phi) is 5.30. The van der Waals surface area contributed by atoms with Crippen LogP contribution in [0.2, 0.25) is 0 Å². The average molecular weight is 373 g/mol. The maximum Gasteiger partial charge on any atom is 0.277 e. The van der Waals surface area contributed by atoms with Gasteiger partial charge in [0.25, 0.3) is 11.1 Å². The van der Waals surface area contributed by atoms with E-state index in [0.717, 1.165) is 4.88 Å². The van der Waals surface area contributed by atoms with Gasteiger partial charge in [-0.3, -0.25) is 9.59 Å². The van der Waals surface area contributed by atoms with E-state index >= 15 is 0 Å². The van der Waals surface area contributed by atoms with E-state index in [1.54, 1.807) is 31.2 Å². The summed E-state index contributed by atoms with van der Waals surface area (Å²) in [4.78, 5) is 24.6. The first-order valence-electron chi connectivity index (χ1n) is 7.49. The Morgan fingerprint density at radius 3 is 2.80 bits per heavy atom. The number of nitrogens with one attached hydrogen (secondary N) is 1. The first-order valence-corrected chi connectivity index (χ1v) is 9.25. The van der Waals surface area contributed by atoms with E-state index in [4.69, 9.17) is 4.42 Å². The maximum absolute atomic E-state index is 12.3. The summed E-state index contributed by atoms with van der Waals surface area (Å²) in [6, 6.07) is 10.6. The predicted molar refractivity (Wildman–Crippen MR) is 98.0 cm³/mol. The Hall–Kier alpha value is -2.45. The fourth-order valence-corrected chi connectivity index (χ4v) is 3.35. The average Bonchev–Trinajstić information content (AvgIpc) is 3.26. The van der Waals surface area contributed by atoms with Crippen LogP contribution in [0.4, 0.5) is 5.69 Å². The van der Waals surface area contributed by atoms with Crippen LogP contribution in [0.3, 0.4) is 0 Å². The van der Waals surface area contributed by atoms with E-state index in [9.17, 15) is 9.59 Å². The van der Waals surface area contributed by atoms with Gasteiger partial charge in [0, 0.05) is 11.3 Å². The highest BCUT2D eigenvalue weighted by molar-refractivity contribution is 8.00. The lowest BCUT2D eigenvalue weighted by molar-refractivity contribution is -0.115. The molecular weight excluding hydrogens is 358 g/mol. The van der Waals surface area contributed by atoms with Gasteiger partial charge < -0.3 is 9.73 Å². The number of Topliss-reactive ketones (excluding diaryl/α,β-unsaturated/α-hetero) is 1. The topological polar surface area (TPSA) is 85.1 Å². The van der Waals surface area contributed by atoms with Crippen molar-refractivity contribution in [3.63, 3.8) is 0 Å². The fraction of sp³-hybridized carbons (Fsp3) is 0.176. The zero-order chi connectivity index (χ0) is 17.8. The van der Waals surface area contributed by atoms with Crippen LogP contribution in [0, 0.1) is 0 Å². The molecule has 0 bridgehead atoms. The van der Waals surface area contributed by atoms with Crippen LogP contribution in [0.5, 0.6) is 0 Å². The summed E-state index contributed by atoms with van der Waals surface area (Å²) in [6.45, 7) is 3.24. The first kappa shape index (κ1) is 17.4. The summed E-state index contributed by atoms with van der Waals surface area (Å²) in [7, 11) is 0. The van der Waals surface area contributed by atoms with Gasteiger partial charge in [0.05, 0.1) is 10.1 Å². The van der Waals surface area contributed by atoms with E-state index in [2.05, 4.69) is 15.5 Å². The molecular formula is C17H15N3O3S2. The Balaban J connectivity index is 1.63. The number of carbonyl (C=O) groups is 2. The zero-order valence-corrected chi connectivity index (χ0v) is 15.2. The van der Waals surface area contributed by atoms with Crippen LogP contribution in [0.25, 0.3) is 10.8 Å². The lowest BCUT2D eigenvalue weighted by atomic mass is 10.1. The van der Waals surface area contributed by atoms with Crippen molar-refractivity contribution in [3.05, 3.63) is 47.3 Å². The normalized spacial score (nSPS) is 11.9. The number of thiophene rings is 1. The number of aromatic nitrogens is 2. The van der Waals surface area contributed by atoms with E-state index in [0.29, 0.717) is 22.4 Å². The zero-order valence-electron chi connectivity index (χ0n) is 13.6. The second-order valence-electron chi connectivity index (χ2n) is 5.24. The molecule has 2 aromatic heterocycles. The third kappa shape index (κ3) is 4.34. The quantitative estimate of drug-likeness (QED) is 0.517. The van der Waals surface area contributed by atoms with Crippen LogP contribution < -0.4 is 5.32 Å². The van der Waals surface area contributed by atoms with Crippen molar-refractivity contribution in [1.29, 1.82) is 0 Å². The molecule has 1 amide bonds. The van der Waals surface area contributed by atoms with Crippen LogP contribution in [-0.4, -0.2) is 27.1 Å². The lowest BCUT2D eigenvalue weighted by Gasteiger charge is -2.10. The minimum absolute atomic E-state index is 0.0505. The molecule has 1 aromatic carbocycles. The Bertz CT molecular complexity index is 890. The Morgan fingerprint density at radius 1 is 1.24 bits per heavy atom. The number of hydrogen-bond donors (Lipinski definition) is 1. The van der Waals surface area contributed by atoms with Gasteiger partial charge in [-0.15, -0.1) is 21.5 Å². The summed E-state index contributed by atoms with van der Waals surface area (Å²) in [5.41, 5.74) is 1.13. The number of nitrogens with zero attached hydrogens (tertiary/aromatic N) is 2. The van der Waals surface area contributed by atoms with Gasteiger partial charge in [0.15, 0.2) is 5.78 Å². The third-order valence-corrected chi connectivity index (χ3v) is 5.11. The summed E-state index contributed by atoms with van der Waals surface area (Å²) < 4.78 is 5.58. The molecule has 6 nitrogen and oxygen atoms in total. The minimum Gasteiger partial charge on any atom is -0.410 e. The van der Waals surface area contributed by atoms with Crippen LogP contribution in [0.15, 0.2) is 51.4 Å². The van der Waals surface area contributed by atoms with Crippen LogP contribution in [-0.2, 0) is 4.79 Å². The van der Waals surface area contributed by atoms with Gasteiger partial charge in [-0.1, -0.05) is 30.0 Å². The summed E-state index contributed by atoms with van der Waals surface area (Å²) in [5.74, 6) is 0.186. The van der Waals surface area contributed by atoms with Crippen molar-refractivity contribution in [2.24, 2.45) is 0 Å². The highest BCUT2D eigenvalue weighted by Crippen LogP contribution is 2.28. The van der Waals surface area contributed by atoms with Crippen molar-refractivity contribution in [2.45, 2.75) is 24.3 Å². The molecule has 0 saturated carbocycles. The number of hydrogen-bond acceptors (Lipinski definition) is 7. The first-order chi connectivity index (χ1) is 12.0. The van der Waals surface area contributed by atoms with Gasteiger partial charge in [-0.05, 0) is 37.4 Å². The summed E-state index contributed by atoms with van der Waals surface area (Å²) in [6.07, 6.45) is 0. The van der Waals surface area contributed by atoms with Crippen molar-refractivity contribution in [2.75, 3.05) is 5.32 Å². The van der Waals surface area contributed by atoms with Gasteiger partial charge in [0.1, 0.15) is 0 Å². The number of amides is 1. The molecule has 2 heterocycles. The van der Waals surface area contributed by atoms with E-state index in [1.807, 2.05) is 17.5 Å². The highest BCUT2D eigenvalue weighted by Gasteiger charge is 2.19. The number of rotatable bonds is 6. The molecule has 0 spiro atoms. The molecule has 1 unspecified atom stereocenters. The predicted octanol–water partition coefficient (Wildman–Crippen LogP) is 4.12. The Labute approximate surface area is 152 Å². The van der Waals surface area contributed by atoms with Crippen LogP contribution >= 0.6 is 23.1 Å². The molecule has 0 aliphatic rings. The number of benzene rings is 1. The molecule has 3 rings (SSSR count). The van der Waals surface area contributed by atoms with Crippen molar-refractivity contribution < 1.29 is 14.0 Å². The molecule has 0 saturated heterocycles. The molecule has 8 heteroatoms. The van der Waals surface area contributed by atoms with Crippen molar-refractivity contribution in [1.82, 2.24) is 10.2 Å². The maximum atomic E-state index is 12.3. The van der Waals surface area contributed by atoms with E-state index < -0.39 is 5.25 Å². The lowest BCUT2D eigenvalue weighted by Crippen LogP contribution is -2.22. The van der Waals surface area contributed by atoms with Gasteiger partial charge in [0.2, 0.25) is 5.91 Å². The standard InChI is InChI=1S/C17H15N3O3S2/c1-10(21)12-5-3-6-13(9-12)18-15(22)11(2)25-17-20-19-16(23-17)14-7-4-8-24-14/h3-9,11H,1-2H3,(H,18,22). The van der Waals surface area contributed by atoms with Crippen LogP contribution in [0.1, 0.15) is 24.2 Å². The SMILES string of the molecule is CC(=O)c1cccc(NC(=O)C(C)Sc2nnc(-c3cccs3)o2)c1. The van der Waals surface area contributed by atoms with E-state index in [1.165, 1.54) is 30.0 Å². The molecule has 0 radical (unpaired) electrons. The number of anilines is 1. The molecule has 0 aliphatic carbocycles. The number of carbonyl (C=O) groups excluding carboxylic acids is 2. The number of thioether (sulfide) groups is 1. The largest absolute Gasteiger partial charge is 0.410 e. The summed E-state index contributed by atoms with van der Waals surface area (Å²) in [5, 5.41) is 12.6. The monoisotopic (exact) mass is 373 g/mol. The molecule has 0 aliphatic heterocycles. The summed E-state index contributed by atoms with van der Waals surface area (Å²) >= 11 is 2.69. The minimum atomic E-state index is -0.433. The molecule has 0 fully saturated rings. The molecule has 25 heavy (non-hydrogen) atoms. The second-order valence-corrected chi connectivity index (χ2v) is 7.48. The fourth-order valence-electron chi connectivity index (χ4n) is 2.02.